The maximum Gasteiger partial charge on any atom is 0.387 e. The number of hydrogen-bond acceptors (Lipinski definition) is 4. The van der Waals surface area contributed by atoms with Gasteiger partial charge in [-0.1, -0.05) is 0 Å². The fourth-order valence-corrected chi connectivity index (χ4v) is 1.99. The number of nitrogens with two attached hydrogens (primary N) is 1. The largest absolute Gasteiger partial charge is 0.432 e. The van der Waals surface area contributed by atoms with Crippen molar-refractivity contribution in [3.05, 3.63) is 24.0 Å². The second-order valence-electron chi connectivity index (χ2n) is 4.75. The van der Waals surface area contributed by atoms with Gasteiger partial charge >= 0.3 is 6.61 Å². The molecule has 0 unspecified atom stereocenters. The van der Waals surface area contributed by atoms with Crippen LogP contribution in [0.5, 0.6) is 5.75 Å². The SMILES string of the molecule is Cl.NC1(C(=O)Nc2ccc(OC(F)F)c(F)c2)CCOCC1. The summed E-state index contributed by atoms with van der Waals surface area (Å²) in [4.78, 5) is 12.1. The molecule has 1 aliphatic rings. The summed E-state index contributed by atoms with van der Waals surface area (Å²) in [7, 11) is 0. The monoisotopic (exact) mass is 340 g/mol. The Morgan fingerprint density at radius 3 is 2.55 bits per heavy atom. The fraction of sp³-hybridized carbons (Fsp3) is 0.462. The van der Waals surface area contributed by atoms with Crippen LogP contribution < -0.4 is 15.8 Å². The van der Waals surface area contributed by atoms with E-state index in [1.54, 1.807) is 0 Å². The number of halogens is 4. The number of benzene rings is 1. The van der Waals surface area contributed by atoms with Gasteiger partial charge in [-0.2, -0.15) is 8.78 Å². The minimum absolute atomic E-state index is 0. The first-order valence-electron chi connectivity index (χ1n) is 6.33. The molecule has 1 aromatic rings. The molecule has 1 saturated heterocycles. The van der Waals surface area contributed by atoms with Gasteiger partial charge in [0.1, 0.15) is 5.54 Å². The number of hydrogen-bond donors (Lipinski definition) is 2. The van der Waals surface area contributed by atoms with Gasteiger partial charge in [0, 0.05) is 25.0 Å². The van der Waals surface area contributed by atoms with E-state index in [1.165, 1.54) is 6.07 Å². The van der Waals surface area contributed by atoms with Crippen molar-refractivity contribution < 1.29 is 27.4 Å². The van der Waals surface area contributed by atoms with Crippen LogP contribution in [0.2, 0.25) is 0 Å². The molecule has 0 spiro atoms. The van der Waals surface area contributed by atoms with Crippen LogP contribution in [0, 0.1) is 5.82 Å². The smallest absolute Gasteiger partial charge is 0.387 e. The number of nitrogens with one attached hydrogen (secondary N) is 1. The molecule has 5 nitrogen and oxygen atoms in total. The lowest BCUT2D eigenvalue weighted by molar-refractivity contribution is -0.124. The molecule has 0 aromatic heterocycles. The third-order valence-corrected chi connectivity index (χ3v) is 3.24. The van der Waals surface area contributed by atoms with Crippen molar-refractivity contribution in [2.75, 3.05) is 18.5 Å². The lowest BCUT2D eigenvalue weighted by atomic mass is 9.90. The van der Waals surface area contributed by atoms with Crippen LogP contribution in [0.4, 0.5) is 18.9 Å². The molecular formula is C13H16ClF3N2O3. The Kier molecular flexibility index (Phi) is 6.46. The molecule has 0 atom stereocenters. The van der Waals surface area contributed by atoms with Gasteiger partial charge in [0.25, 0.3) is 0 Å². The third kappa shape index (κ3) is 4.49. The van der Waals surface area contributed by atoms with Gasteiger partial charge in [0.2, 0.25) is 5.91 Å². The normalized spacial score (nSPS) is 16.8. The summed E-state index contributed by atoms with van der Waals surface area (Å²) in [6.07, 6.45) is 0.710. The van der Waals surface area contributed by atoms with Gasteiger partial charge in [0.05, 0.1) is 0 Å². The molecule has 0 bridgehead atoms. The molecule has 2 rings (SSSR count). The molecular weight excluding hydrogens is 325 g/mol. The maximum atomic E-state index is 13.5. The van der Waals surface area contributed by atoms with E-state index < -0.39 is 29.6 Å². The Labute approximate surface area is 131 Å². The van der Waals surface area contributed by atoms with E-state index in [2.05, 4.69) is 10.1 Å². The summed E-state index contributed by atoms with van der Waals surface area (Å²) in [6, 6.07) is 3.18. The van der Waals surface area contributed by atoms with Crippen molar-refractivity contribution in [2.45, 2.75) is 25.0 Å². The molecule has 1 aliphatic heterocycles. The Bertz CT molecular complexity index is 525. The van der Waals surface area contributed by atoms with Gasteiger partial charge in [-0.15, -0.1) is 12.4 Å². The van der Waals surface area contributed by atoms with E-state index in [0.717, 1.165) is 12.1 Å². The zero-order valence-electron chi connectivity index (χ0n) is 11.5. The van der Waals surface area contributed by atoms with E-state index in [4.69, 9.17) is 10.5 Å². The number of amides is 1. The van der Waals surface area contributed by atoms with E-state index in [0.29, 0.717) is 26.1 Å². The minimum Gasteiger partial charge on any atom is -0.432 e. The van der Waals surface area contributed by atoms with Crippen molar-refractivity contribution in [3.8, 4) is 5.75 Å². The number of alkyl halides is 2. The lowest BCUT2D eigenvalue weighted by Crippen LogP contribution is -2.54. The second-order valence-corrected chi connectivity index (χ2v) is 4.75. The first-order valence-corrected chi connectivity index (χ1v) is 6.33. The van der Waals surface area contributed by atoms with Crippen molar-refractivity contribution in [1.82, 2.24) is 0 Å². The van der Waals surface area contributed by atoms with Crippen LogP contribution in [0.25, 0.3) is 0 Å². The van der Waals surface area contributed by atoms with Crippen LogP contribution in [-0.4, -0.2) is 31.3 Å². The highest BCUT2D eigenvalue weighted by Gasteiger charge is 2.36. The van der Waals surface area contributed by atoms with Crippen molar-refractivity contribution in [1.29, 1.82) is 0 Å². The topological polar surface area (TPSA) is 73.6 Å². The molecule has 1 fully saturated rings. The molecule has 1 aromatic carbocycles. The molecule has 22 heavy (non-hydrogen) atoms. The standard InChI is InChI=1S/C13H15F3N2O3.ClH/c14-9-7-8(1-2-10(9)21-12(15)16)18-11(19)13(17)3-5-20-6-4-13;/h1-2,7,12H,3-6,17H2,(H,18,19);1H. The summed E-state index contributed by atoms with van der Waals surface area (Å²) in [5, 5.41) is 2.47. The van der Waals surface area contributed by atoms with Crippen LogP contribution in [0.1, 0.15) is 12.8 Å². The molecule has 1 amide bonds. The fourth-order valence-electron chi connectivity index (χ4n) is 1.99. The number of carbonyl (C=O) groups excluding carboxylic acids is 1. The summed E-state index contributed by atoms with van der Waals surface area (Å²) < 4.78 is 46.7. The predicted octanol–water partition coefficient (Wildman–Crippen LogP) is 2.30. The molecule has 0 saturated carbocycles. The summed E-state index contributed by atoms with van der Waals surface area (Å²) >= 11 is 0. The quantitative estimate of drug-likeness (QED) is 0.882. The van der Waals surface area contributed by atoms with E-state index in [9.17, 15) is 18.0 Å². The Morgan fingerprint density at radius 2 is 2.00 bits per heavy atom. The van der Waals surface area contributed by atoms with Gasteiger partial charge in [-0.3, -0.25) is 4.79 Å². The van der Waals surface area contributed by atoms with Gasteiger partial charge in [-0.25, -0.2) is 4.39 Å². The first-order chi connectivity index (χ1) is 9.90. The molecule has 3 N–H and O–H groups in total. The summed E-state index contributed by atoms with van der Waals surface area (Å²) in [6.45, 7) is -2.37. The number of ether oxygens (including phenoxy) is 2. The average molecular weight is 341 g/mol. The van der Waals surface area contributed by atoms with E-state index >= 15 is 0 Å². The highest BCUT2D eigenvalue weighted by atomic mass is 35.5. The van der Waals surface area contributed by atoms with E-state index in [-0.39, 0.29) is 18.1 Å². The predicted molar refractivity (Wildman–Crippen MR) is 75.9 cm³/mol. The highest BCUT2D eigenvalue weighted by Crippen LogP contribution is 2.25. The minimum atomic E-state index is -3.12. The van der Waals surface area contributed by atoms with Crippen molar-refractivity contribution in [2.24, 2.45) is 5.73 Å². The molecule has 9 heteroatoms. The van der Waals surface area contributed by atoms with Crippen LogP contribution in [0.15, 0.2) is 18.2 Å². The zero-order chi connectivity index (χ0) is 15.5. The molecule has 0 radical (unpaired) electrons. The Balaban J connectivity index is 0.00000242. The Morgan fingerprint density at radius 1 is 1.36 bits per heavy atom. The number of rotatable bonds is 4. The highest BCUT2D eigenvalue weighted by molar-refractivity contribution is 5.98. The second kappa shape index (κ2) is 7.66. The van der Waals surface area contributed by atoms with Gasteiger partial charge in [0.15, 0.2) is 11.6 Å². The lowest BCUT2D eigenvalue weighted by Gasteiger charge is -2.31. The molecule has 1 heterocycles. The maximum absolute atomic E-state index is 13.5. The molecule has 0 aliphatic carbocycles. The van der Waals surface area contributed by atoms with Crippen LogP contribution >= 0.6 is 12.4 Å². The van der Waals surface area contributed by atoms with Gasteiger partial charge < -0.3 is 20.5 Å². The van der Waals surface area contributed by atoms with Crippen LogP contribution in [0.3, 0.4) is 0 Å². The van der Waals surface area contributed by atoms with E-state index in [1.807, 2.05) is 0 Å². The summed E-state index contributed by atoms with van der Waals surface area (Å²) in [5.41, 5.74) is 5.02. The van der Waals surface area contributed by atoms with Gasteiger partial charge in [-0.05, 0) is 25.0 Å². The number of carbonyl (C=O) groups is 1. The van der Waals surface area contributed by atoms with Crippen molar-refractivity contribution >= 4 is 24.0 Å². The third-order valence-electron chi connectivity index (χ3n) is 3.24. The Hall–Kier alpha value is -1.51. The first kappa shape index (κ1) is 18.5. The number of anilines is 1. The van der Waals surface area contributed by atoms with Crippen molar-refractivity contribution in [3.63, 3.8) is 0 Å². The average Bonchev–Trinajstić information content (AvgIpc) is 2.42. The van der Waals surface area contributed by atoms with Crippen LogP contribution in [-0.2, 0) is 9.53 Å². The summed E-state index contributed by atoms with van der Waals surface area (Å²) in [5.74, 6) is -2.05. The zero-order valence-corrected chi connectivity index (χ0v) is 12.3. The molecule has 124 valence electrons.